The zero-order valence-corrected chi connectivity index (χ0v) is 14.4. The number of rotatable bonds is 3. The van der Waals surface area contributed by atoms with Crippen molar-refractivity contribution in [3.05, 3.63) is 27.7 Å². The molecular formula is C18H26N4O2. The molecule has 6 heteroatoms. The van der Waals surface area contributed by atoms with Crippen molar-refractivity contribution in [3.63, 3.8) is 0 Å². The summed E-state index contributed by atoms with van der Waals surface area (Å²) in [5.41, 5.74) is 2.27. The van der Waals surface area contributed by atoms with Crippen LogP contribution in [0.5, 0.6) is 0 Å². The first-order chi connectivity index (χ1) is 11.6. The lowest BCUT2D eigenvalue weighted by molar-refractivity contribution is -0.138. The number of carbonyl (C=O) groups excluding carboxylic acids is 1. The Labute approximate surface area is 142 Å². The molecule has 130 valence electrons. The first kappa shape index (κ1) is 15.8. The average Bonchev–Trinajstić information content (AvgIpc) is 2.90. The van der Waals surface area contributed by atoms with Gasteiger partial charge in [0.05, 0.1) is 18.3 Å². The second-order valence-electron chi connectivity index (χ2n) is 7.58. The van der Waals surface area contributed by atoms with Gasteiger partial charge in [0.2, 0.25) is 5.91 Å². The lowest BCUT2D eigenvalue weighted by Crippen LogP contribution is -2.58. The summed E-state index contributed by atoms with van der Waals surface area (Å²) in [7, 11) is 1.91. The topological polar surface area (TPSA) is 58.4 Å². The van der Waals surface area contributed by atoms with Crippen molar-refractivity contribution in [2.24, 2.45) is 5.92 Å². The molecule has 0 bridgehead atoms. The van der Waals surface area contributed by atoms with Crippen molar-refractivity contribution in [2.75, 3.05) is 26.7 Å². The molecule has 1 aliphatic carbocycles. The molecule has 0 spiro atoms. The molecule has 0 saturated carbocycles. The Morgan fingerprint density at radius 1 is 1.17 bits per heavy atom. The van der Waals surface area contributed by atoms with Gasteiger partial charge in [-0.15, -0.1) is 0 Å². The first-order valence-electron chi connectivity index (χ1n) is 9.21. The Bertz CT molecular complexity index is 693. The third-order valence-corrected chi connectivity index (χ3v) is 5.76. The predicted molar refractivity (Wildman–Crippen MR) is 90.9 cm³/mol. The molecule has 0 N–H and O–H groups in total. The second kappa shape index (κ2) is 6.31. The molecular weight excluding hydrogens is 304 g/mol. The number of carbonyl (C=O) groups is 1. The minimum absolute atomic E-state index is 0.0272. The smallest absolute Gasteiger partial charge is 0.267 e. The molecule has 4 rings (SSSR count). The van der Waals surface area contributed by atoms with E-state index < -0.39 is 0 Å². The van der Waals surface area contributed by atoms with Crippen LogP contribution in [-0.2, 0) is 24.2 Å². The Hall–Kier alpha value is -1.69. The molecule has 2 aliphatic heterocycles. The summed E-state index contributed by atoms with van der Waals surface area (Å²) >= 11 is 0. The van der Waals surface area contributed by atoms with Gasteiger partial charge >= 0.3 is 0 Å². The number of likely N-dealkylation sites (N-methyl/N-ethyl adjacent to an activating group) is 1. The van der Waals surface area contributed by atoms with Gasteiger partial charge in [0, 0.05) is 38.7 Å². The monoisotopic (exact) mass is 330 g/mol. The van der Waals surface area contributed by atoms with E-state index in [-0.39, 0.29) is 17.5 Å². The van der Waals surface area contributed by atoms with E-state index in [1.165, 1.54) is 0 Å². The average molecular weight is 330 g/mol. The van der Waals surface area contributed by atoms with E-state index in [1.807, 2.05) is 11.9 Å². The van der Waals surface area contributed by atoms with Crippen LogP contribution in [0.15, 0.2) is 10.9 Å². The first-order valence-corrected chi connectivity index (χ1v) is 9.21. The van der Waals surface area contributed by atoms with Gasteiger partial charge in [0.1, 0.15) is 0 Å². The van der Waals surface area contributed by atoms with E-state index in [0.717, 1.165) is 69.4 Å². The Morgan fingerprint density at radius 3 is 2.83 bits per heavy atom. The third kappa shape index (κ3) is 2.88. The minimum Gasteiger partial charge on any atom is -0.344 e. The fourth-order valence-electron chi connectivity index (χ4n) is 4.31. The van der Waals surface area contributed by atoms with Crippen molar-refractivity contribution < 1.29 is 4.79 Å². The quantitative estimate of drug-likeness (QED) is 0.818. The maximum absolute atomic E-state index is 12.4. The van der Waals surface area contributed by atoms with Gasteiger partial charge in [-0.1, -0.05) is 0 Å². The fraction of sp³-hybridized carbons (Fsp3) is 0.722. The fourth-order valence-corrected chi connectivity index (χ4v) is 4.31. The lowest BCUT2D eigenvalue weighted by atomic mass is 9.95. The van der Waals surface area contributed by atoms with Crippen LogP contribution in [0.25, 0.3) is 0 Å². The van der Waals surface area contributed by atoms with Crippen molar-refractivity contribution in [1.29, 1.82) is 0 Å². The van der Waals surface area contributed by atoms with Crippen LogP contribution in [0.3, 0.4) is 0 Å². The molecule has 1 atom stereocenters. The van der Waals surface area contributed by atoms with Crippen LogP contribution < -0.4 is 5.56 Å². The summed E-state index contributed by atoms with van der Waals surface area (Å²) in [6.45, 7) is 3.35. The van der Waals surface area contributed by atoms with E-state index in [2.05, 4.69) is 10.00 Å². The highest BCUT2D eigenvalue weighted by molar-refractivity contribution is 5.82. The summed E-state index contributed by atoms with van der Waals surface area (Å²) in [6, 6.07) is 1.81. The molecule has 1 unspecified atom stereocenters. The maximum atomic E-state index is 12.4. The highest BCUT2D eigenvalue weighted by Gasteiger charge is 2.38. The highest BCUT2D eigenvalue weighted by atomic mass is 16.2. The van der Waals surface area contributed by atoms with Crippen LogP contribution in [-0.4, -0.2) is 58.2 Å². The van der Waals surface area contributed by atoms with Crippen LogP contribution in [0.2, 0.25) is 0 Å². The molecule has 1 amide bonds. The molecule has 0 radical (unpaired) electrons. The van der Waals surface area contributed by atoms with Crippen LogP contribution in [0.4, 0.5) is 0 Å². The van der Waals surface area contributed by atoms with Gasteiger partial charge in [-0.05, 0) is 44.1 Å². The van der Waals surface area contributed by atoms with Crippen molar-refractivity contribution >= 4 is 5.91 Å². The maximum Gasteiger partial charge on any atom is 0.267 e. The van der Waals surface area contributed by atoms with E-state index >= 15 is 0 Å². The number of likely N-dealkylation sites (tertiary alicyclic amines) is 2. The highest BCUT2D eigenvalue weighted by Crippen LogP contribution is 2.25. The number of nitrogens with zero attached hydrogens (tertiary/aromatic N) is 4. The molecule has 1 aromatic heterocycles. The van der Waals surface area contributed by atoms with Crippen molar-refractivity contribution in [3.8, 4) is 0 Å². The van der Waals surface area contributed by atoms with E-state index in [9.17, 15) is 9.59 Å². The molecule has 2 saturated heterocycles. The molecule has 24 heavy (non-hydrogen) atoms. The summed E-state index contributed by atoms with van der Waals surface area (Å²) < 4.78 is 1.65. The molecule has 6 nitrogen and oxygen atoms in total. The zero-order chi connectivity index (χ0) is 16.7. The van der Waals surface area contributed by atoms with Gasteiger partial charge < -0.3 is 4.90 Å². The van der Waals surface area contributed by atoms with E-state index in [0.29, 0.717) is 12.5 Å². The number of amides is 1. The Kier molecular flexibility index (Phi) is 4.16. The second-order valence-corrected chi connectivity index (χ2v) is 7.58. The summed E-state index contributed by atoms with van der Waals surface area (Å²) in [5.74, 6) is 0.690. The zero-order valence-electron chi connectivity index (χ0n) is 14.4. The molecule has 1 aromatic rings. The lowest BCUT2D eigenvalue weighted by Gasteiger charge is -2.44. The predicted octanol–water partition coefficient (Wildman–Crippen LogP) is 0.675. The number of hydrogen-bond donors (Lipinski definition) is 0. The Balaban J connectivity index is 1.38. The molecule has 2 fully saturated rings. The third-order valence-electron chi connectivity index (χ3n) is 5.76. The van der Waals surface area contributed by atoms with Crippen LogP contribution >= 0.6 is 0 Å². The van der Waals surface area contributed by atoms with Crippen molar-refractivity contribution in [1.82, 2.24) is 19.6 Å². The van der Waals surface area contributed by atoms with Gasteiger partial charge in [-0.3, -0.25) is 14.5 Å². The van der Waals surface area contributed by atoms with Gasteiger partial charge in [-0.25, -0.2) is 4.68 Å². The number of hydrogen-bond acceptors (Lipinski definition) is 4. The minimum atomic E-state index is 0.0272. The molecule has 0 aromatic carbocycles. The SMILES string of the molecule is CN1CCCCC(N2CC(Cn3nc4c(cc3=O)CCC4)C2)C1=O. The number of aryl methyl sites for hydroxylation is 2. The van der Waals surface area contributed by atoms with Crippen molar-refractivity contribution in [2.45, 2.75) is 51.1 Å². The largest absolute Gasteiger partial charge is 0.344 e. The number of fused-ring (bicyclic) bond motifs is 1. The van der Waals surface area contributed by atoms with E-state index in [1.54, 1.807) is 10.7 Å². The van der Waals surface area contributed by atoms with Gasteiger partial charge in [0.15, 0.2) is 0 Å². The summed E-state index contributed by atoms with van der Waals surface area (Å²) in [6.07, 6.45) is 6.29. The normalized spacial score (nSPS) is 25.5. The standard InChI is InChI=1S/C18H26N4O2/c1-20-8-3-2-7-16(18(20)24)21-10-13(11-21)12-22-17(23)9-14-5-4-6-15(14)19-22/h9,13,16H,2-8,10-12H2,1H3. The van der Waals surface area contributed by atoms with Gasteiger partial charge in [0.25, 0.3) is 5.56 Å². The summed E-state index contributed by atoms with van der Waals surface area (Å²) in [5, 5.41) is 4.56. The van der Waals surface area contributed by atoms with Crippen LogP contribution in [0.1, 0.15) is 36.9 Å². The van der Waals surface area contributed by atoms with Gasteiger partial charge in [-0.2, -0.15) is 5.10 Å². The number of aromatic nitrogens is 2. The molecule has 3 heterocycles. The summed E-state index contributed by atoms with van der Waals surface area (Å²) in [4.78, 5) is 28.8. The van der Waals surface area contributed by atoms with Crippen LogP contribution in [0, 0.1) is 5.92 Å². The van der Waals surface area contributed by atoms with E-state index in [4.69, 9.17) is 0 Å². The Morgan fingerprint density at radius 2 is 2.00 bits per heavy atom. The molecule has 3 aliphatic rings.